The molecule has 1 aromatic heterocycles. The van der Waals surface area contributed by atoms with Gasteiger partial charge in [0, 0.05) is 42.5 Å². The van der Waals surface area contributed by atoms with Crippen molar-refractivity contribution in [1.82, 2.24) is 15.1 Å². The molecule has 21 heavy (non-hydrogen) atoms. The molecule has 0 aromatic carbocycles. The van der Waals surface area contributed by atoms with E-state index in [1.54, 1.807) is 0 Å². The van der Waals surface area contributed by atoms with Gasteiger partial charge in [0.15, 0.2) is 0 Å². The summed E-state index contributed by atoms with van der Waals surface area (Å²) in [6.07, 6.45) is 0. The van der Waals surface area contributed by atoms with E-state index in [4.69, 9.17) is 0 Å². The number of carbonyl (C=O) groups is 1. The number of rotatable bonds is 4. The van der Waals surface area contributed by atoms with E-state index in [-0.39, 0.29) is 11.3 Å². The van der Waals surface area contributed by atoms with Crippen LogP contribution in [0.15, 0.2) is 12.1 Å². The van der Waals surface area contributed by atoms with Crippen molar-refractivity contribution >= 4 is 17.2 Å². The van der Waals surface area contributed by atoms with Crippen molar-refractivity contribution in [3.05, 3.63) is 21.9 Å². The number of hydrogen-bond donors (Lipinski definition) is 1. The summed E-state index contributed by atoms with van der Waals surface area (Å²) in [5.74, 6) is 0.242. The molecule has 1 aliphatic rings. The third-order valence-electron chi connectivity index (χ3n) is 3.70. The molecule has 1 amide bonds. The molecule has 0 aliphatic carbocycles. The maximum atomic E-state index is 12.2. The standard InChI is InChI=1S/C16H27N3OS/c1-16(2,3)14-6-5-13(21-14)11-18(4)12-15(20)19-9-7-17-8-10-19/h5-6,17H,7-12H2,1-4H3. The highest BCUT2D eigenvalue weighted by atomic mass is 32.1. The Labute approximate surface area is 132 Å². The quantitative estimate of drug-likeness (QED) is 0.923. The monoisotopic (exact) mass is 309 g/mol. The lowest BCUT2D eigenvalue weighted by Gasteiger charge is -2.29. The molecule has 0 bridgehead atoms. The molecule has 0 radical (unpaired) electrons. The fraction of sp³-hybridized carbons (Fsp3) is 0.688. The minimum Gasteiger partial charge on any atom is -0.339 e. The van der Waals surface area contributed by atoms with Gasteiger partial charge in [-0.1, -0.05) is 20.8 Å². The first-order chi connectivity index (χ1) is 9.86. The largest absolute Gasteiger partial charge is 0.339 e. The zero-order valence-corrected chi connectivity index (χ0v) is 14.4. The molecule has 1 saturated heterocycles. The summed E-state index contributed by atoms with van der Waals surface area (Å²) in [7, 11) is 2.02. The summed E-state index contributed by atoms with van der Waals surface area (Å²) in [6, 6.07) is 4.41. The zero-order chi connectivity index (χ0) is 15.5. The van der Waals surface area contributed by atoms with Crippen LogP contribution in [0.5, 0.6) is 0 Å². The van der Waals surface area contributed by atoms with Crippen molar-refractivity contribution in [3.63, 3.8) is 0 Å². The van der Waals surface area contributed by atoms with Crippen LogP contribution in [0.2, 0.25) is 0 Å². The van der Waals surface area contributed by atoms with Crippen molar-refractivity contribution in [2.24, 2.45) is 0 Å². The summed E-state index contributed by atoms with van der Waals surface area (Å²) in [5, 5.41) is 3.27. The fourth-order valence-electron chi connectivity index (χ4n) is 2.43. The Morgan fingerprint density at radius 3 is 2.57 bits per heavy atom. The summed E-state index contributed by atoms with van der Waals surface area (Å²) in [6.45, 7) is 11.5. The van der Waals surface area contributed by atoms with Crippen LogP contribution in [0.25, 0.3) is 0 Å². The SMILES string of the molecule is CN(CC(=O)N1CCNCC1)Cc1ccc(C(C)(C)C)s1. The third-order valence-corrected chi connectivity index (χ3v) is 5.20. The molecular formula is C16H27N3OS. The Kier molecular flexibility index (Phi) is 5.41. The highest BCUT2D eigenvalue weighted by Crippen LogP contribution is 2.29. The Balaban J connectivity index is 1.85. The highest BCUT2D eigenvalue weighted by molar-refractivity contribution is 7.12. The number of amides is 1. The lowest BCUT2D eigenvalue weighted by atomic mass is 9.95. The van der Waals surface area contributed by atoms with Gasteiger partial charge in [0.1, 0.15) is 0 Å². The molecule has 1 fully saturated rings. The maximum Gasteiger partial charge on any atom is 0.236 e. The van der Waals surface area contributed by atoms with E-state index in [9.17, 15) is 4.79 Å². The first-order valence-electron chi connectivity index (χ1n) is 7.62. The highest BCUT2D eigenvalue weighted by Gasteiger charge is 2.19. The van der Waals surface area contributed by atoms with Crippen LogP contribution in [-0.4, -0.2) is 55.5 Å². The van der Waals surface area contributed by atoms with Crippen LogP contribution >= 0.6 is 11.3 Å². The second-order valence-electron chi connectivity index (χ2n) is 6.82. The molecule has 2 rings (SSSR count). The molecule has 0 unspecified atom stereocenters. The average Bonchev–Trinajstić information content (AvgIpc) is 2.88. The lowest BCUT2D eigenvalue weighted by Crippen LogP contribution is -2.49. The van der Waals surface area contributed by atoms with Crippen molar-refractivity contribution in [3.8, 4) is 0 Å². The Morgan fingerprint density at radius 1 is 1.33 bits per heavy atom. The van der Waals surface area contributed by atoms with E-state index in [1.807, 2.05) is 23.3 Å². The zero-order valence-electron chi connectivity index (χ0n) is 13.6. The molecule has 1 aromatic rings. The Bertz CT molecular complexity index is 472. The second kappa shape index (κ2) is 6.90. The minimum atomic E-state index is 0.206. The van der Waals surface area contributed by atoms with Gasteiger partial charge in [-0.05, 0) is 24.6 Å². The van der Waals surface area contributed by atoms with Gasteiger partial charge in [0.25, 0.3) is 0 Å². The molecule has 0 atom stereocenters. The van der Waals surface area contributed by atoms with E-state index in [0.29, 0.717) is 6.54 Å². The van der Waals surface area contributed by atoms with Crippen LogP contribution in [0.4, 0.5) is 0 Å². The predicted molar refractivity (Wildman–Crippen MR) is 88.8 cm³/mol. The van der Waals surface area contributed by atoms with E-state index in [2.05, 4.69) is 43.1 Å². The lowest BCUT2D eigenvalue weighted by molar-refractivity contribution is -0.132. The van der Waals surface area contributed by atoms with Crippen molar-refractivity contribution in [2.45, 2.75) is 32.7 Å². The van der Waals surface area contributed by atoms with E-state index >= 15 is 0 Å². The number of nitrogens with one attached hydrogen (secondary N) is 1. The topological polar surface area (TPSA) is 35.6 Å². The smallest absolute Gasteiger partial charge is 0.236 e. The number of piperazine rings is 1. The number of hydrogen-bond acceptors (Lipinski definition) is 4. The summed E-state index contributed by atoms with van der Waals surface area (Å²) in [4.78, 5) is 19.0. The molecule has 0 spiro atoms. The van der Waals surface area contributed by atoms with Crippen LogP contribution in [0.1, 0.15) is 30.5 Å². The Morgan fingerprint density at radius 2 is 2.00 bits per heavy atom. The number of likely N-dealkylation sites (N-methyl/N-ethyl adjacent to an activating group) is 1. The van der Waals surface area contributed by atoms with Gasteiger partial charge in [-0.25, -0.2) is 0 Å². The molecule has 0 saturated carbocycles. The molecule has 1 aliphatic heterocycles. The molecular weight excluding hydrogens is 282 g/mol. The van der Waals surface area contributed by atoms with E-state index < -0.39 is 0 Å². The normalized spacial score (nSPS) is 16.5. The molecule has 1 N–H and O–H groups in total. The van der Waals surface area contributed by atoms with E-state index in [0.717, 1.165) is 32.7 Å². The number of thiophene rings is 1. The number of nitrogens with zero attached hydrogens (tertiary/aromatic N) is 2. The second-order valence-corrected chi connectivity index (χ2v) is 7.99. The average molecular weight is 309 g/mol. The van der Waals surface area contributed by atoms with Gasteiger partial charge >= 0.3 is 0 Å². The Hall–Kier alpha value is -0.910. The molecule has 4 nitrogen and oxygen atoms in total. The van der Waals surface area contributed by atoms with Crippen LogP contribution in [0, 0.1) is 0 Å². The van der Waals surface area contributed by atoms with Gasteiger partial charge in [-0.3, -0.25) is 9.69 Å². The minimum absolute atomic E-state index is 0.206. The first kappa shape index (κ1) is 16.5. The summed E-state index contributed by atoms with van der Waals surface area (Å²) in [5.41, 5.74) is 0.206. The third kappa shape index (κ3) is 4.80. The van der Waals surface area contributed by atoms with Crippen LogP contribution in [-0.2, 0) is 16.8 Å². The molecule has 118 valence electrons. The number of carbonyl (C=O) groups excluding carboxylic acids is 1. The van der Waals surface area contributed by atoms with Crippen LogP contribution in [0.3, 0.4) is 0 Å². The van der Waals surface area contributed by atoms with Crippen molar-refractivity contribution in [2.75, 3.05) is 39.8 Å². The maximum absolute atomic E-state index is 12.2. The van der Waals surface area contributed by atoms with Crippen LogP contribution < -0.4 is 5.32 Å². The molecule has 5 heteroatoms. The first-order valence-corrected chi connectivity index (χ1v) is 8.44. The molecule has 2 heterocycles. The van der Waals surface area contributed by atoms with Gasteiger partial charge in [-0.2, -0.15) is 0 Å². The van der Waals surface area contributed by atoms with Gasteiger partial charge in [0.05, 0.1) is 6.54 Å². The van der Waals surface area contributed by atoms with E-state index in [1.165, 1.54) is 9.75 Å². The van der Waals surface area contributed by atoms with Crippen molar-refractivity contribution in [1.29, 1.82) is 0 Å². The summed E-state index contributed by atoms with van der Waals surface area (Å²) < 4.78 is 0. The van der Waals surface area contributed by atoms with Gasteiger partial charge in [0.2, 0.25) is 5.91 Å². The predicted octanol–water partition coefficient (Wildman–Crippen LogP) is 1.91. The summed E-state index contributed by atoms with van der Waals surface area (Å²) >= 11 is 1.85. The van der Waals surface area contributed by atoms with Gasteiger partial charge < -0.3 is 10.2 Å². The fourth-order valence-corrected chi connectivity index (χ4v) is 3.58. The van der Waals surface area contributed by atoms with Crippen molar-refractivity contribution < 1.29 is 4.79 Å². The van der Waals surface area contributed by atoms with Gasteiger partial charge in [-0.15, -0.1) is 11.3 Å².